The molecule has 1 N–H and O–H groups in total. The molecule has 1 amide bonds. The Morgan fingerprint density at radius 1 is 1.04 bits per heavy atom. The Morgan fingerprint density at radius 2 is 1.77 bits per heavy atom. The number of halogens is 1. The first-order valence-corrected chi connectivity index (χ1v) is 7.95. The maximum atomic E-state index is 12.9. The van der Waals surface area contributed by atoms with Crippen molar-refractivity contribution in [2.45, 2.75) is 6.54 Å². The highest BCUT2D eigenvalue weighted by Crippen LogP contribution is 2.10. The normalized spacial score (nSPS) is 10.3. The summed E-state index contributed by atoms with van der Waals surface area (Å²) in [6.07, 6.45) is 0. The summed E-state index contributed by atoms with van der Waals surface area (Å²) < 4.78 is 19.6. The van der Waals surface area contributed by atoms with Crippen molar-refractivity contribution in [1.82, 2.24) is 9.78 Å². The molecule has 1 aromatic heterocycles. The Bertz CT molecular complexity index is 940. The fourth-order valence-electron chi connectivity index (χ4n) is 2.23. The third kappa shape index (κ3) is 4.54. The maximum Gasteiger partial charge on any atom is 0.276 e. The highest BCUT2D eigenvalue weighted by molar-refractivity contribution is 6.02. The van der Waals surface area contributed by atoms with Gasteiger partial charge in [0.05, 0.1) is 6.54 Å². The second-order valence-electron chi connectivity index (χ2n) is 5.40. The predicted molar refractivity (Wildman–Crippen MR) is 94.8 cm³/mol. The van der Waals surface area contributed by atoms with Crippen LogP contribution in [0.5, 0.6) is 5.75 Å². The van der Waals surface area contributed by atoms with Gasteiger partial charge in [0, 0.05) is 11.8 Å². The van der Waals surface area contributed by atoms with Crippen molar-refractivity contribution in [3.05, 3.63) is 88.6 Å². The van der Waals surface area contributed by atoms with Gasteiger partial charge in [0.1, 0.15) is 23.9 Å². The Morgan fingerprint density at radius 3 is 2.50 bits per heavy atom. The molecule has 26 heavy (non-hydrogen) atoms. The van der Waals surface area contributed by atoms with Crippen LogP contribution in [-0.2, 0) is 6.54 Å². The van der Waals surface area contributed by atoms with Crippen LogP contribution in [0.25, 0.3) is 0 Å². The average Bonchev–Trinajstić information content (AvgIpc) is 2.66. The number of para-hydroxylation sites is 1. The van der Waals surface area contributed by atoms with Crippen LogP contribution in [0.4, 0.5) is 10.1 Å². The number of aromatic nitrogens is 2. The Hall–Kier alpha value is -3.48. The topological polar surface area (TPSA) is 73.2 Å². The summed E-state index contributed by atoms with van der Waals surface area (Å²) in [6.45, 7) is 0.436. The minimum atomic E-state index is -0.491. The zero-order chi connectivity index (χ0) is 18.4. The fourth-order valence-corrected chi connectivity index (χ4v) is 2.23. The number of carbonyl (C=O) groups is 1. The Balaban J connectivity index is 1.65. The fraction of sp³-hybridized carbons (Fsp3) is 0.105. The number of anilines is 1. The van der Waals surface area contributed by atoms with Gasteiger partial charge in [-0.2, -0.15) is 5.10 Å². The number of ether oxygens (including phenoxy) is 1. The third-order valence-electron chi connectivity index (χ3n) is 3.52. The van der Waals surface area contributed by atoms with E-state index in [0.717, 1.165) is 0 Å². The largest absolute Gasteiger partial charge is 0.492 e. The van der Waals surface area contributed by atoms with E-state index in [-0.39, 0.29) is 24.4 Å². The van der Waals surface area contributed by atoms with E-state index in [4.69, 9.17) is 4.74 Å². The van der Waals surface area contributed by atoms with Crippen molar-refractivity contribution in [1.29, 1.82) is 0 Å². The van der Waals surface area contributed by atoms with E-state index >= 15 is 0 Å². The molecule has 2 aromatic carbocycles. The summed E-state index contributed by atoms with van der Waals surface area (Å²) in [4.78, 5) is 24.1. The number of nitrogens with zero attached hydrogens (tertiary/aromatic N) is 2. The van der Waals surface area contributed by atoms with Gasteiger partial charge in [-0.1, -0.05) is 18.2 Å². The van der Waals surface area contributed by atoms with Crippen molar-refractivity contribution in [3.8, 4) is 5.75 Å². The van der Waals surface area contributed by atoms with Crippen LogP contribution < -0.4 is 15.6 Å². The Kier molecular flexibility index (Phi) is 5.38. The monoisotopic (exact) mass is 353 g/mol. The van der Waals surface area contributed by atoms with Crippen LogP contribution in [0.1, 0.15) is 10.5 Å². The van der Waals surface area contributed by atoms with Gasteiger partial charge in [0.15, 0.2) is 0 Å². The van der Waals surface area contributed by atoms with Crippen LogP contribution in [0.15, 0.2) is 71.5 Å². The quantitative estimate of drug-likeness (QED) is 0.739. The van der Waals surface area contributed by atoms with Crippen molar-refractivity contribution in [2.24, 2.45) is 0 Å². The third-order valence-corrected chi connectivity index (χ3v) is 3.52. The standard InChI is InChI=1S/C19H16FN3O3/c20-14-6-8-15(9-7-14)21-19(25)17-10-11-18(24)23(22-17)12-13-26-16-4-2-1-3-5-16/h1-11H,12-13H2,(H,21,25). The molecule has 0 fully saturated rings. The first-order chi connectivity index (χ1) is 12.6. The van der Waals surface area contributed by atoms with E-state index in [0.29, 0.717) is 11.4 Å². The summed E-state index contributed by atoms with van der Waals surface area (Å²) in [5.74, 6) is -0.201. The van der Waals surface area contributed by atoms with Gasteiger partial charge in [-0.15, -0.1) is 0 Å². The molecule has 3 aromatic rings. The molecule has 6 nitrogen and oxygen atoms in total. The summed E-state index contributed by atoms with van der Waals surface area (Å²) in [7, 11) is 0. The summed E-state index contributed by atoms with van der Waals surface area (Å²) in [5.41, 5.74) is 0.178. The van der Waals surface area contributed by atoms with Crippen LogP contribution in [0.3, 0.4) is 0 Å². The minimum Gasteiger partial charge on any atom is -0.492 e. The van der Waals surface area contributed by atoms with Crippen molar-refractivity contribution < 1.29 is 13.9 Å². The summed E-state index contributed by atoms with van der Waals surface area (Å²) in [6, 6.07) is 17.2. The van der Waals surface area contributed by atoms with Crippen LogP contribution in [-0.4, -0.2) is 22.3 Å². The lowest BCUT2D eigenvalue weighted by Crippen LogP contribution is -2.28. The molecule has 0 unspecified atom stereocenters. The molecule has 0 aliphatic carbocycles. The van der Waals surface area contributed by atoms with E-state index in [1.54, 1.807) is 0 Å². The molecular formula is C19H16FN3O3. The molecule has 3 rings (SSSR count). The number of carbonyl (C=O) groups excluding carboxylic acids is 1. The van der Waals surface area contributed by atoms with Crippen LogP contribution in [0, 0.1) is 5.82 Å². The van der Waals surface area contributed by atoms with Gasteiger partial charge in [-0.3, -0.25) is 9.59 Å². The molecular weight excluding hydrogens is 337 g/mol. The lowest BCUT2D eigenvalue weighted by Gasteiger charge is -2.09. The first kappa shape index (κ1) is 17.3. The van der Waals surface area contributed by atoms with Gasteiger partial charge in [0.25, 0.3) is 11.5 Å². The molecule has 0 atom stereocenters. The van der Waals surface area contributed by atoms with Gasteiger partial charge in [0.2, 0.25) is 0 Å². The van der Waals surface area contributed by atoms with Gasteiger partial charge >= 0.3 is 0 Å². The number of hydrogen-bond acceptors (Lipinski definition) is 4. The second kappa shape index (κ2) is 8.06. The number of nitrogens with one attached hydrogen (secondary N) is 1. The molecule has 7 heteroatoms. The van der Waals surface area contributed by atoms with Crippen molar-refractivity contribution >= 4 is 11.6 Å². The average molecular weight is 353 g/mol. The molecule has 0 saturated carbocycles. The summed E-state index contributed by atoms with van der Waals surface area (Å²) in [5, 5.41) is 6.65. The van der Waals surface area contributed by atoms with E-state index in [9.17, 15) is 14.0 Å². The SMILES string of the molecule is O=C(Nc1ccc(F)cc1)c1ccc(=O)n(CCOc2ccccc2)n1. The maximum absolute atomic E-state index is 12.9. The van der Waals surface area contributed by atoms with Gasteiger partial charge in [-0.25, -0.2) is 9.07 Å². The molecule has 0 spiro atoms. The molecule has 0 saturated heterocycles. The summed E-state index contributed by atoms with van der Waals surface area (Å²) >= 11 is 0. The number of amides is 1. The first-order valence-electron chi connectivity index (χ1n) is 7.95. The van der Waals surface area contributed by atoms with E-state index in [2.05, 4.69) is 10.4 Å². The number of hydrogen-bond donors (Lipinski definition) is 1. The molecule has 0 aliphatic heterocycles. The minimum absolute atomic E-state index is 0.0774. The molecule has 132 valence electrons. The van der Waals surface area contributed by atoms with Crippen LogP contribution in [0.2, 0.25) is 0 Å². The zero-order valence-corrected chi connectivity index (χ0v) is 13.8. The molecule has 0 bridgehead atoms. The zero-order valence-electron chi connectivity index (χ0n) is 13.8. The van der Waals surface area contributed by atoms with Crippen molar-refractivity contribution in [3.63, 3.8) is 0 Å². The van der Waals surface area contributed by atoms with Gasteiger partial charge in [-0.05, 0) is 42.5 Å². The van der Waals surface area contributed by atoms with Gasteiger partial charge < -0.3 is 10.1 Å². The molecule has 0 radical (unpaired) electrons. The Labute approximate surface area is 148 Å². The number of benzene rings is 2. The van der Waals surface area contributed by atoms with E-state index < -0.39 is 11.7 Å². The predicted octanol–water partition coefficient (Wildman–Crippen LogP) is 2.71. The van der Waals surface area contributed by atoms with E-state index in [1.165, 1.54) is 41.1 Å². The van der Waals surface area contributed by atoms with E-state index in [1.807, 2.05) is 30.3 Å². The molecule has 1 heterocycles. The highest BCUT2D eigenvalue weighted by atomic mass is 19.1. The number of rotatable bonds is 6. The van der Waals surface area contributed by atoms with Crippen molar-refractivity contribution in [2.75, 3.05) is 11.9 Å². The second-order valence-corrected chi connectivity index (χ2v) is 5.40. The molecule has 0 aliphatic rings. The smallest absolute Gasteiger partial charge is 0.276 e. The lowest BCUT2D eigenvalue weighted by atomic mass is 10.3. The highest BCUT2D eigenvalue weighted by Gasteiger charge is 2.10. The lowest BCUT2D eigenvalue weighted by molar-refractivity contribution is 0.101. The van der Waals surface area contributed by atoms with Crippen LogP contribution >= 0.6 is 0 Å².